The summed E-state index contributed by atoms with van der Waals surface area (Å²) in [6.07, 6.45) is 3.41. The van der Waals surface area contributed by atoms with Crippen LogP contribution in [0.4, 0.5) is 4.79 Å². The van der Waals surface area contributed by atoms with Gasteiger partial charge in [0.15, 0.2) is 0 Å². The minimum absolute atomic E-state index is 0.0266. The molecule has 0 unspecified atom stereocenters. The number of imide groups is 1. The Labute approximate surface area is 181 Å². The van der Waals surface area contributed by atoms with Gasteiger partial charge < -0.3 is 15.0 Å². The monoisotopic (exact) mass is 443 g/mol. The number of carboxylic acids is 1. The zero-order valence-corrected chi connectivity index (χ0v) is 16.9. The van der Waals surface area contributed by atoms with Gasteiger partial charge in [0.1, 0.15) is 12.2 Å². The van der Waals surface area contributed by atoms with Gasteiger partial charge in [-0.2, -0.15) is 0 Å². The number of para-hydroxylation sites is 1. The molecule has 2 N–H and O–H groups in total. The van der Waals surface area contributed by atoms with Crippen molar-refractivity contribution in [3.63, 3.8) is 0 Å². The Bertz CT molecular complexity index is 1230. The lowest BCUT2D eigenvalue weighted by molar-refractivity contribution is -0.140. The lowest BCUT2D eigenvalue weighted by atomic mass is 10.1. The molecule has 1 aliphatic heterocycles. The van der Waals surface area contributed by atoms with E-state index in [1.54, 1.807) is 18.2 Å². The predicted octanol–water partition coefficient (Wildman–Crippen LogP) is 3.97. The maximum absolute atomic E-state index is 12.4. The number of carbonyl (C=O) groups excluding carboxylic acids is 2. The largest absolute Gasteiger partial charge is 0.480 e. The SMILES string of the molecule is O=C(O)CN1C(=O)N/C(=C/c2cn(Cc3ccc(Cl)c(Cl)c3)c3ccccc23)C1=O. The first-order valence-electron chi connectivity index (χ1n) is 8.91. The molecule has 1 fully saturated rings. The van der Waals surface area contributed by atoms with Crippen LogP contribution in [0.3, 0.4) is 0 Å². The van der Waals surface area contributed by atoms with Crippen LogP contribution in [0.2, 0.25) is 10.0 Å². The highest BCUT2D eigenvalue weighted by molar-refractivity contribution is 6.42. The van der Waals surface area contributed by atoms with Crippen molar-refractivity contribution in [2.45, 2.75) is 6.54 Å². The van der Waals surface area contributed by atoms with Gasteiger partial charge in [0.25, 0.3) is 5.91 Å². The van der Waals surface area contributed by atoms with E-state index in [0.717, 1.165) is 16.5 Å². The molecule has 0 bridgehead atoms. The number of amides is 3. The van der Waals surface area contributed by atoms with Crippen LogP contribution in [-0.4, -0.2) is 39.0 Å². The summed E-state index contributed by atoms with van der Waals surface area (Å²) in [7, 11) is 0. The van der Waals surface area contributed by atoms with Crippen molar-refractivity contribution in [2.24, 2.45) is 0 Å². The highest BCUT2D eigenvalue weighted by Crippen LogP contribution is 2.27. The average Bonchev–Trinajstić information content (AvgIpc) is 3.17. The highest BCUT2D eigenvalue weighted by atomic mass is 35.5. The number of halogens is 2. The second-order valence-electron chi connectivity index (χ2n) is 6.75. The lowest BCUT2D eigenvalue weighted by Gasteiger charge is -2.07. The molecule has 3 aromatic rings. The maximum Gasteiger partial charge on any atom is 0.329 e. The first kappa shape index (κ1) is 20.0. The van der Waals surface area contributed by atoms with E-state index < -0.39 is 24.5 Å². The summed E-state index contributed by atoms with van der Waals surface area (Å²) in [5, 5.41) is 13.1. The Hall–Kier alpha value is -3.29. The smallest absolute Gasteiger partial charge is 0.329 e. The lowest BCUT2D eigenvalue weighted by Crippen LogP contribution is -2.35. The number of aromatic nitrogens is 1. The third kappa shape index (κ3) is 3.77. The number of urea groups is 1. The van der Waals surface area contributed by atoms with Crippen molar-refractivity contribution in [3.8, 4) is 0 Å². The standard InChI is InChI=1S/C21H15Cl2N3O4/c22-15-6-5-12(7-16(15)23)9-25-10-13(14-3-1-2-4-18(14)25)8-17-20(29)26(11-19(27)28)21(30)24-17/h1-8,10H,9,11H2,(H,24,30)(H,27,28)/b17-8+. The van der Waals surface area contributed by atoms with Crippen molar-refractivity contribution in [1.29, 1.82) is 0 Å². The number of hydrogen-bond donors (Lipinski definition) is 2. The number of carbonyl (C=O) groups is 3. The molecule has 0 spiro atoms. The fourth-order valence-electron chi connectivity index (χ4n) is 3.36. The fourth-order valence-corrected chi connectivity index (χ4v) is 3.68. The van der Waals surface area contributed by atoms with E-state index in [9.17, 15) is 14.4 Å². The van der Waals surface area contributed by atoms with Crippen LogP contribution in [0.15, 0.2) is 54.4 Å². The molecule has 0 saturated carbocycles. The number of aliphatic carboxylic acids is 1. The summed E-state index contributed by atoms with van der Waals surface area (Å²) in [5.41, 5.74) is 2.61. The Morgan fingerprint density at radius 2 is 1.87 bits per heavy atom. The molecule has 0 radical (unpaired) electrons. The highest BCUT2D eigenvalue weighted by Gasteiger charge is 2.35. The van der Waals surface area contributed by atoms with Crippen LogP contribution >= 0.6 is 23.2 Å². The number of nitrogens with zero attached hydrogens (tertiary/aromatic N) is 2. The number of hydrogen-bond acceptors (Lipinski definition) is 3. The molecular formula is C21H15Cl2N3O4. The van der Waals surface area contributed by atoms with Crippen molar-refractivity contribution in [2.75, 3.05) is 6.54 Å². The van der Waals surface area contributed by atoms with Gasteiger partial charge in [0.2, 0.25) is 0 Å². The van der Waals surface area contributed by atoms with Gasteiger partial charge in [-0.3, -0.25) is 9.59 Å². The van der Waals surface area contributed by atoms with E-state index >= 15 is 0 Å². The molecule has 1 saturated heterocycles. The molecule has 4 rings (SSSR count). The molecular weight excluding hydrogens is 429 g/mol. The van der Waals surface area contributed by atoms with Gasteiger partial charge in [-0.1, -0.05) is 47.5 Å². The van der Waals surface area contributed by atoms with Gasteiger partial charge in [0, 0.05) is 29.2 Å². The second kappa shape index (κ2) is 7.85. The Balaban J connectivity index is 1.71. The molecule has 1 aromatic heterocycles. The van der Waals surface area contributed by atoms with Crippen LogP contribution in [-0.2, 0) is 16.1 Å². The van der Waals surface area contributed by atoms with E-state index in [-0.39, 0.29) is 5.70 Å². The van der Waals surface area contributed by atoms with Crippen LogP contribution in [0.25, 0.3) is 17.0 Å². The summed E-state index contributed by atoms with van der Waals surface area (Å²) in [4.78, 5) is 35.9. The fraction of sp³-hybridized carbons (Fsp3) is 0.0952. The van der Waals surface area contributed by atoms with Crippen LogP contribution in [0.5, 0.6) is 0 Å². The van der Waals surface area contributed by atoms with Crippen LogP contribution in [0.1, 0.15) is 11.1 Å². The number of benzene rings is 2. The first-order valence-corrected chi connectivity index (χ1v) is 9.67. The van der Waals surface area contributed by atoms with Crippen LogP contribution in [0, 0.1) is 0 Å². The molecule has 1 aliphatic rings. The summed E-state index contributed by atoms with van der Waals surface area (Å²) >= 11 is 12.1. The van der Waals surface area contributed by atoms with E-state index in [0.29, 0.717) is 27.1 Å². The zero-order valence-electron chi connectivity index (χ0n) is 15.4. The van der Waals surface area contributed by atoms with Crippen molar-refractivity contribution < 1.29 is 19.5 Å². The third-order valence-electron chi connectivity index (χ3n) is 4.71. The summed E-state index contributed by atoms with van der Waals surface area (Å²) < 4.78 is 2.00. The molecule has 152 valence electrons. The van der Waals surface area contributed by atoms with Crippen LogP contribution < -0.4 is 5.32 Å². The molecule has 2 aromatic carbocycles. The third-order valence-corrected chi connectivity index (χ3v) is 5.45. The Morgan fingerprint density at radius 1 is 1.10 bits per heavy atom. The van der Waals surface area contributed by atoms with E-state index in [1.807, 2.05) is 41.1 Å². The van der Waals surface area contributed by atoms with Crippen molar-refractivity contribution >= 4 is 58.1 Å². The van der Waals surface area contributed by atoms with Crippen molar-refractivity contribution in [1.82, 2.24) is 14.8 Å². The van der Waals surface area contributed by atoms with Gasteiger partial charge in [-0.25, -0.2) is 9.69 Å². The minimum atomic E-state index is -1.27. The van der Waals surface area contributed by atoms with Crippen molar-refractivity contribution in [3.05, 3.63) is 75.5 Å². The number of fused-ring (bicyclic) bond motifs is 1. The molecule has 0 atom stereocenters. The first-order chi connectivity index (χ1) is 14.3. The normalized spacial score (nSPS) is 15.3. The molecule has 2 heterocycles. The summed E-state index contributed by atoms with van der Waals surface area (Å²) in [5.74, 6) is -1.94. The van der Waals surface area contributed by atoms with E-state index in [2.05, 4.69) is 5.32 Å². The summed E-state index contributed by atoms with van der Waals surface area (Å²) in [6.45, 7) is -0.173. The summed E-state index contributed by atoms with van der Waals surface area (Å²) in [6, 6.07) is 12.3. The Kier molecular flexibility index (Phi) is 5.24. The molecule has 30 heavy (non-hydrogen) atoms. The minimum Gasteiger partial charge on any atom is -0.480 e. The number of rotatable bonds is 5. The zero-order chi connectivity index (χ0) is 21.4. The second-order valence-corrected chi connectivity index (χ2v) is 7.57. The molecule has 9 heteroatoms. The quantitative estimate of drug-likeness (QED) is 0.460. The van der Waals surface area contributed by atoms with E-state index in [4.69, 9.17) is 28.3 Å². The number of nitrogens with one attached hydrogen (secondary N) is 1. The van der Waals surface area contributed by atoms with Gasteiger partial charge in [0.05, 0.1) is 10.0 Å². The van der Waals surface area contributed by atoms with Gasteiger partial charge in [-0.15, -0.1) is 0 Å². The number of carboxylic acid groups (broad SMARTS) is 1. The van der Waals surface area contributed by atoms with Gasteiger partial charge in [-0.05, 0) is 29.8 Å². The predicted molar refractivity (Wildman–Crippen MR) is 113 cm³/mol. The maximum atomic E-state index is 12.4. The van der Waals surface area contributed by atoms with Gasteiger partial charge >= 0.3 is 12.0 Å². The molecule has 7 nitrogen and oxygen atoms in total. The average molecular weight is 444 g/mol. The molecule has 0 aliphatic carbocycles. The molecule has 3 amide bonds. The topological polar surface area (TPSA) is 91.6 Å². The van der Waals surface area contributed by atoms with E-state index in [1.165, 1.54) is 0 Å². The Morgan fingerprint density at radius 3 is 2.60 bits per heavy atom.